The fourth-order valence-corrected chi connectivity index (χ4v) is 7.52. The fourth-order valence-electron chi connectivity index (χ4n) is 6.34. The van der Waals surface area contributed by atoms with E-state index in [0.717, 1.165) is 38.5 Å². The summed E-state index contributed by atoms with van der Waals surface area (Å²) < 4.78 is 19.9. The van der Waals surface area contributed by atoms with Gasteiger partial charge in [0, 0.05) is 18.6 Å². The Kier molecular flexibility index (Phi) is 36.9. The number of amides is 1. The van der Waals surface area contributed by atoms with Crippen molar-refractivity contribution in [1.29, 1.82) is 0 Å². The Labute approximate surface area is 372 Å². The summed E-state index contributed by atoms with van der Waals surface area (Å²) in [5.41, 5.74) is -0.825. The van der Waals surface area contributed by atoms with Crippen LogP contribution < -0.4 is 5.32 Å². The lowest BCUT2D eigenvalue weighted by Crippen LogP contribution is -2.47. The fraction of sp³-hybridized carbons (Fsp3) is 0.911. The highest BCUT2D eigenvalue weighted by Crippen LogP contribution is 2.26. The first-order valence-corrected chi connectivity index (χ1v) is 25.0. The standard InChI is InChI=1S/C45H82Cl3NO8S/c1-6-8-10-12-14-16-18-20-22-24-26-28-30-32-40(50)54-34-38(35-55-41(51)33-31-29-27-25-23-21-19-17-15-13-11-9-7-2)58-36-39(42(52)57-44(3,4)5)49-43(53)56-37-45(46,47)48/h38-39H,6-37H2,1-5H3,(H,49,53)/t39-/m0/s1. The van der Waals surface area contributed by atoms with E-state index in [0.29, 0.717) is 12.8 Å². The molecule has 0 aromatic carbocycles. The van der Waals surface area contributed by atoms with Gasteiger partial charge in [0.2, 0.25) is 3.79 Å². The molecular formula is C45H82Cl3NO8S. The highest BCUT2D eigenvalue weighted by Gasteiger charge is 2.30. The van der Waals surface area contributed by atoms with Gasteiger partial charge in [0.25, 0.3) is 0 Å². The molecule has 342 valence electrons. The molecule has 1 N–H and O–H groups in total. The molecule has 0 unspecified atom stereocenters. The van der Waals surface area contributed by atoms with Gasteiger partial charge in [-0.25, -0.2) is 9.59 Å². The number of carbonyl (C=O) groups is 4. The SMILES string of the molecule is CCCCCCCCCCCCCCCC(=O)OCC(COC(=O)CCCCCCCCCCCCCCC)SC[C@H](NC(=O)OCC(Cl)(Cl)Cl)C(=O)OC(C)(C)C. The monoisotopic (exact) mass is 901 g/mol. The van der Waals surface area contributed by atoms with E-state index in [9.17, 15) is 19.2 Å². The van der Waals surface area contributed by atoms with Crippen molar-refractivity contribution in [3.63, 3.8) is 0 Å². The summed E-state index contributed by atoms with van der Waals surface area (Å²) in [6, 6.07) is -1.14. The average molecular weight is 904 g/mol. The first-order valence-electron chi connectivity index (χ1n) is 22.8. The van der Waals surface area contributed by atoms with Crippen LogP contribution in [0.2, 0.25) is 0 Å². The average Bonchev–Trinajstić information content (AvgIpc) is 3.15. The maximum absolute atomic E-state index is 13.1. The number of alkyl halides is 3. The van der Waals surface area contributed by atoms with Crippen LogP contribution in [-0.2, 0) is 33.3 Å². The van der Waals surface area contributed by atoms with Gasteiger partial charge in [0.15, 0.2) is 0 Å². The van der Waals surface area contributed by atoms with Gasteiger partial charge in [0.1, 0.15) is 31.5 Å². The summed E-state index contributed by atoms with van der Waals surface area (Å²) >= 11 is 18.4. The van der Waals surface area contributed by atoms with E-state index in [4.69, 9.17) is 53.8 Å². The van der Waals surface area contributed by atoms with E-state index < -0.39 is 39.4 Å². The van der Waals surface area contributed by atoms with Gasteiger partial charge in [-0.15, -0.1) is 11.8 Å². The summed E-state index contributed by atoms with van der Waals surface area (Å²) in [6.07, 6.45) is 31.3. The first-order chi connectivity index (χ1) is 27.7. The number of carbonyl (C=O) groups excluding carboxylic acids is 4. The number of unbranched alkanes of at least 4 members (excludes halogenated alkanes) is 24. The molecule has 9 nitrogen and oxygen atoms in total. The molecule has 0 spiro atoms. The zero-order valence-electron chi connectivity index (χ0n) is 37.1. The van der Waals surface area contributed by atoms with E-state index in [2.05, 4.69) is 19.2 Å². The van der Waals surface area contributed by atoms with Gasteiger partial charge in [-0.1, -0.05) is 203 Å². The van der Waals surface area contributed by atoms with Crippen LogP contribution in [0.3, 0.4) is 0 Å². The molecule has 58 heavy (non-hydrogen) atoms. The van der Waals surface area contributed by atoms with Crippen LogP contribution in [0.1, 0.15) is 214 Å². The van der Waals surface area contributed by atoms with Gasteiger partial charge in [0.05, 0.1) is 5.25 Å². The van der Waals surface area contributed by atoms with Crippen molar-refractivity contribution in [2.75, 3.05) is 25.6 Å². The van der Waals surface area contributed by atoms with Crippen molar-refractivity contribution in [3.8, 4) is 0 Å². The van der Waals surface area contributed by atoms with Crippen molar-refractivity contribution in [1.82, 2.24) is 5.32 Å². The zero-order chi connectivity index (χ0) is 43.3. The van der Waals surface area contributed by atoms with Gasteiger partial charge < -0.3 is 24.3 Å². The molecule has 0 rings (SSSR count). The van der Waals surface area contributed by atoms with Crippen LogP contribution >= 0.6 is 46.6 Å². The Hall–Kier alpha value is -1.10. The quantitative estimate of drug-likeness (QED) is 0.0280. The van der Waals surface area contributed by atoms with Crippen molar-refractivity contribution in [2.24, 2.45) is 0 Å². The van der Waals surface area contributed by atoms with E-state index in [1.807, 2.05) is 0 Å². The van der Waals surface area contributed by atoms with Gasteiger partial charge in [-0.3, -0.25) is 9.59 Å². The van der Waals surface area contributed by atoms with Crippen molar-refractivity contribution in [3.05, 3.63) is 0 Å². The predicted molar refractivity (Wildman–Crippen MR) is 243 cm³/mol. The summed E-state index contributed by atoms with van der Waals surface area (Å²) in [6.45, 7) is 9.07. The van der Waals surface area contributed by atoms with Gasteiger partial charge in [-0.05, 0) is 33.6 Å². The zero-order valence-corrected chi connectivity index (χ0v) is 40.2. The number of alkyl carbamates (subject to hydrolysis) is 1. The smallest absolute Gasteiger partial charge is 0.408 e. The minimum absolute atomic E-state index is 0.0211. The molecule has 0 saturated carbocycles. The van der Waals surface area contributed by atoms with Crippen LogP contribution in [0.5, 0.6) is 0 Å². The Morgan fingerprint density at radius 3 is 1.21 bits per heavy atom. The van der Waals surface area contributed by atoms with Crippen LogP contribution in [0.15, 0.2) is 0 Å². The minimum Gasteiger partial charge on any atom is -0.464 e. The Balaban J connectivity index is 4.91. The molecule has 0 bridgehead atoms. The summed E-state index contributed by atoms with van der Waals surface area (Å²) in [5, 5.41) is 1.99. The molecule has 0 aliphatic heterocycles. The number of ether oxygens (including phenoxy) is 4. The third-order valence-electron chi connectivity index (χ3n) is 9.68. The molecule has 0 aromatic heterocycles. The number of halogens is 3. The number of hydrogen-bond donors (Lipinski definition) is 1. The highest BCUT2D eigenvalue weighted by atomic mass is 35.6. The van der Waals surface area contributed by atoms with E-state index in [1.54, 1.807) is 20.8 Å². The minimum atomic E-state index is -1.83. The third-order valence-corrected chi connectivity index (χ3v) is 11.3. The summed E-state index contributed by atoms with van der Waals surface area (Å²) in [4.78, 5) is 51.0. The number of hydrogen-bond acceptors (Lipinski definition) is 9. The Morgan fingerprint density at radius 2 is 0.879 bits per heavy atom. The Bertz CT molecular complexity index is 994. The molecular weight excluding hydrogens is 821 g/mol. The molecule has 0 aliphatic carbocycles. The van der Waals surface area contributed by atoms with Crippen LogP contribution in [0.25, 0.3) is 0 Å². The van der Waals surface area contributed by atoms with E-state index in [-0.39, 0.29) is 30.9 Å². The second-order valence-electron chi connectivity index (χ2n) is 16.7. The largest absolute Gasteiger partial charge is 0.464 e. The summed E-state index contributed by atoms with van der Waals surface area (Å²) in [5.74, 6) is -1.30. The first kappa shape index (κ1) is 56.9. The van der Waals surface area contributed by atoms with Gasteiger partial charge in [-0.2, -0.15) is 0 Å². The molecule has 13 heteroatoms. The second kappa shape index (κ2) is 37.6. The molecule has 1 amide bonds. The molecule has 0 saturated heterocycles. The molecule has 0 heterocycles. The lowest BCUT2D eigenvalue weighted by atomic mass is 10.0. The lowest BCUT2D eigenvalue weighted by Gasteiger charge is -2.25. The second-order valence-corrected chi connectivity index (χ2v) is 20.6. The number of thioether (sulfide) groups is 1. The third kappa shape index (κ3) is 40.3. The normalized spacial score (nSPS) is 12.4. The predicted octanol–water partition coefficient (Wildman–Crippen LogP) is 13.9. The highest BCUT2D eigenvalue weighted by molar-refractivity contribution is 8.00. The maximum Gasteiger partial charge on any atom is 0.408 e. The lowest BCUT2D eigenvalue weighted by molar-refractivity contribution is -0.156. The molecule has 0 fully saturated rings. The molecule has 0 aromatic rings. The maximum atomic E-state index is 13.1. The van der Waals surface area contributed by atoms with Crippen LogP contribution in [0.4, 0.5) is 4.79 Å². The summed E-state index contributed by atoms with van der Waals surface area (Å²) in [7, 11) is 0. The van der Waals surface area contributed by atoms with Crippen molar-refractivity contribution in [2.45, 2.75) is 235 Å². The number of nitrogens with one attached hydrogen (secondary N) is 1. The number of rotatable bonds is 38. The Morgan fingerprint density at radius 1 is 0.534 bits per heavy atom. The van der Waals surface area contributed by atoms with Gasteiger partial charge >= 0.3 is 24.0 Å². The molecule has 0 radical (unpaired) electrons. The topological polar surface area (TPSA) is 117 Å². The van der Waals surface area contributed by atoms with Crippen LogP contribution in [-0.4, -0.2) is 70.3 Å². The molecule has 1 atom stereocenters. The van der Waals surface area contributed by atoms with E-state index >= 15 is 0 Å². The van der Waals surface area contributed by atoms with Crippen molar-refractivity contribution < 1.29 is 38.1 Å². The number of esters is 3. The van der Waals surface area contributed by atoms with Crippen LogP contribution in [0, 0.1) is 0 Å². The van der Waals surface area contributed by atoms with E-state index in [1.165, 1.54) is 140 Å². The van der Waals surface area contributed by atoms with Crippen molar-refractivity contribution >= 4 is 70.6 Å². The molecule has 0 aliphatic rings.